The fraction of sp³-hybridized carbons (Fsp3) is 0.357. The zero-order chi connectivity index (χ0) is 15.4. The molecule has 0 aliphatic rings. The molecule has 0 saturated carbocycles. The van der Waals surface area contributed by atoms with Gasteiger partial charge in [0.2, 0.25) is 11.8 Å². The van der Waals surface area contributed by atoms with Crippen LogP contribution in [0.3, 0.4) is 0 Å². The molecule has 0 atom stereocenters. The van der Waals surface area contributed by atoms with E-state index in [1.165, 1.54) is 4.90 Å². The van der Waals surface area contributed by atoms with Crippen molar-refractivity contribution in [2.45, 2.75) is 13.0 Å². The molecule has 0 fully saturated rings. The summed E-state index contributed by atoms with van der Waals surface area (Å²) in [6.45, 7) is 0.448. The monoisotopic (exact) mass is 308 g/mol. The molecule has 0 bridgehead atoms. The predicted octanol–water partition coefficient (Wildman–Crippen LogP) is 1.28. The number of likely N-dealkylation sites (N-methyl/N-ethyl adjacent to an activating group) is 1. The van der Waals surface area contributed by atoms with Gasteiger partial charge < -0.3 is 10.2 Å². The van der Waals surface area contributed by atoms with Crippen LogP contribution in [0.4, 0.5) is 0 Å². The predicted molar refractivity (Wildman–Crippen MR) is 81.1 cm³/mol. The minimum absolute atomic E-state index is 0.0114. The lowest BCUT2D eigenvalue weighted by Gasteiger charge is -2.11. The lowest BCUT2D eigenvalue weighted by molar-refractivity contribution is -0.130. The summed E-state index contributed by atoms with van der Waals surface area (Å²) in [5.74, 6) is -0.324. The molecular formula is C14H17ClN4O2. The molecule has 0 spiro atoms. The number of carbonyl (C=O) groups excluding carboxylic acids is 2. The smallest absolute Gasteiger partial charge is 0.241 e. The van der Waals surface area contributed by atoms with Crippen molar-refractivity contribution in [3.8, 4) is 0 Å². The van der Waals surface area contributed by atoms with Crippen LogP contribution in [0.1, 0.15) is 6.42 Å². The highest BCUT2D eigenvalue weighted by atomic mass is 35.5. The summed E-state index contributed by atoms with van der Waals surface area (Å²) in [5.41, 5.74) is 0.889. The van der Waals surface area contributed by atoms with Crippen LogP contribution in [0.15, 0.2) is 24.4 Å². The SMILES string of the molecule is CN(C)C(=O)CNC(=O)CCn1ncc2c(Cl)cccc21. The first kappa shape index (κ1) is 15.3. The quantitative estimate of drug-likeness (QED) is 0.905. The number of rotatable bonds is 5. The maximum Gasteiger partial charge on any atom is 0.241 e. The molecular weight excluding hydrogens is 292 g/mol. The second-order valence-electron chi connectivity index (χ2n) is 4.86. The molecule has 0 radical (unpaired) electrons. The maximum atomic E-state index is 11.7. The highest BCUT2D eigenvalue weighted by molar-refractivity contribution is 6.35. The molecule has 1 aromatic carbocycles. The molecule has 112 valence electrons. The molecule has 0 saturated heterocycles. The van der Waals surface area contributed by atoms with Gasteiger partial charge in [-0.3, -0.25) is 14.3 Å². The Morgan fingerprint density at radius 2 is 2.14 bits per heavy atom. The summed E-state index contributed by atoms with van der Waals surface area (Å²) in [7, 11) is 3.29. The van der Waals surface area contributed by atoms with E-state index in [1.807, 2.05) is 12.1 Å². The standard InChI is InChI=1S/C14H17ClN4O2/c1-18(2)14(21)9-16-13(20)6-7-19-12-5-3-4-11(15)10(12)8-17-19/h3-5,8H,6-7,9H2,1-2H3,(H,16,20). The Labute approximate surface area is 127 Å². The van der Waals surface area contributed by atoms with Crippen molar-refractivity contribution in [1.82, 2.24) is 20.0 Å². The zero-order valence-corrected chi connectivity index (χ0v) is 12.7. The summed E-state index contributed by atoms with van der Waals surface area (Å²) in [6, 6.07) is 5.55. The minimum Gasteiger partial charge on any atom is -0.347 e. The Morgan fingerprint density at radius 1 is 1.38 bits per heavy atom. The molecule has 2 aromatic rings. The van der Waals surface area contributed by atoms with Crippen molar-refractivity contribution in [2.75, 3.05) is 20.6 Å². The van der Waals surface area contributed by atoms with Gasteiger partial charge in [0.15, 0.2) is 0 Å². The average molecular weight is 309 g/mol. The minimum atomic E-state index is -0.184. The van der Waals surface area contributed by atoms with Crippen LogP contribution in [0.2, 0.25) is 5.02 Å². The van der Waals surface area contributed by atoms with Crippen molar-refractivity contribution in [3.05, 3.63) is 29.4 Å². The van der Waals surface area contributed by atoms with E-state index in [2.05, 4.69) is 10.4 Å². The van der Waals surface area contributed by atoms with Crippen molar-refractivity contribution >= 4 is 34.3 Å². The van der Waals surface area contributed by atoms with Gasteiger partial charge in [-0.15, -0.1) is 0 Å². The van der Waals surface area contributed by atoms with Gasteiger partial charge in [-0.25, -0.2) is 0 Å². The highest BCUT2D eigenvalue weighted by Gasteiger charge is 2.09. The van der Waals surface area contributed by atoms with E-state index >= 15 is 0 Å². The van der Waals surface area contributed by atoms with E-state index in [0.29, 0.717) is 11.6 Å². The van der Waals surface area contributed by atoms with E-state index in [4.69, 9.17) is 11.6 Å². The van der Waals surface area contributed by atoms with Gasteiger partial charge >= 0.3 is 0 Å². The van der Waals surface area contributed by atoms with Gasteiger partial charge in [-0.1, -0.05) is 17.7 Å². The number of hydrogen-bond donors (Lipinski definition) is 1. The molecule has 1 aromatic heterocycles. The summed E-state index contributed by atoms with van der Waals surface area (Å²) in [4.78, 5) is 24.5. The Bertz CT molecular complexity index is 666. The largest absolute Gasteiger partial charge is 0.347 e. The molecule has 6 nitrogen and oxygen atoms in total. The third kappa shape index (κ3) is 3.72. The van der Waals surface area contributed by atoms with Crippen LogP contribution in [0.25, 0.3) is 10.9 Å². The summed E-state index contributed by atoms with van der Waals surface area (Å²) < 4.78 is 1.73. The Morgan fingerprint density at radius 3 is 2.86 bits per heavy atom. The number of fused-ring (bicyclic) bond motifs is 1. The topological polar surface area (TPSA) is 67.2 Å². The lowest BCUT2D eigenvalue weighted by Crippen LogP contribution is -2.36. The number of hydrogen-bond acceptors (Lipinski definition) is 3. The van der Waals surface area contributed by atoms with Crippen LogP contribution in [0.5, 0.6) is 0 Å². The van der Waals surface area contributed by atoms with E-state index in [-0.39, 0.29) is 24.8 Å². The molecule has 1 heterocycles. The van der Waals surface area contributed by atoms with Crippen LogP contribution in [0, 0.1) is 0 Å². The van der Waals surface area contributed by atoms with Crippen molar-refractivity contribution in [3.63, 3.8) is 0 Å². The summed E-state index contributed by atoms with van der Waals surface area (Å²) >= 11 is 6.07. The van der Waals surface area contributed by atoms with Crippen LogP contribution >= 0.6 is 11.6 Å². The molecule has 0 aliphatic heterocycles. The molecule has 2 rings (SSSR count). The molecule has 0 unspecified atom stereocenters. The van der Waals surface area contributed by atoms with Crippen LogP contribution in [-0.2, 0) is 16.1 Å². The molecule has 7 heteroatoms. The van der Waals surface area contributed by atoms with Crippen molar-refractivity contribution in [2.24, 2.45) is 0 Å². The molecule has 21 heavy (non-hydrogen) atoms. The van der Waals surface area contributed by atoms with E-state index in [9.17, 15) is 9.59 Å². The lowest BCUT2D eigenvalue weighted by atomic mass is 10.2. The molecule has 2 amide bonds. The van der Waals surface area contributed by atoms with E-state index in [1.54, 1.807) is 31.0 Å². The van der Waals surface area contributed by atoms with Gasteiger partial charge in [0.1, 0.15) is 0 Å². The van der Waals surface area contributed by atoms with Gasteiger partial charge in [0, 0.05) is 25.9 Å². The van der Waals surface area contributed by atoms with Crippen LogP contribution in [-0.4, -0.2) is 47.1 Å². The second-order valence-corrected chi connectivity index (χ2v) is 5.26. The van der Waals surface area contributed by atoms with Gasteiger partial charge in [0.05, 0.1) is 29.8 Å². The second kappa shape index (κ2) is 6.58. The first-order valence-electron chi connectivity index (χ1n) is 6.56. The fourth-order valence-corrected chi connectivity index (χ4v) is 2.09. The normalized spacial score (nSPS) is 10.6. The Balaban J connectivity index is 1.91. The number of nitrogens with zero attached hydrogens (tertiary/aromatic N) is 3. The van der Waals surface area contributed by atoms with Crippen LogP contribution < -0.4 is 5.32 Å². The first-order valence-corrected chi connectivity index (χ1v) is 6.93. The summed E-state index contributed by atoms with van der Waals surface area (Å²) in [6.07, 6.45) is 1.94. The van der Waals surface area contributed by atoms with Gasteiger partial charge in [0.25, 0.3) is 0 Å². The van der Waals surface area contributed by atoms with Crippen molar-refractivity contribution < 1.29 is 9.59 Å². The van der Waals surface area contributed by atoms with Gasteiger partial charge in [-0.2, -0.15) is 5.10 Å². The van der Waals surface area contributed by atoms with E-state index in [0.717, 1.165) is 10.9 Å². The maximum absolute atomic E-state index is 11.7. The number of halogens is 1. The average Bonchev–Trinajstić information content (AvgIpc) is 2.87. The van der Waals surface area contributed by atoms with E-state index < -0.39 is 0 Å². The van der Waals surface area contributed by atoms with Crippen molar-refractivity contribution in [1.29, 1.82) is 0 Å². The Kier molecular flexibility index (Phi) is 4.80. The number of amides is 2. The number of aryl methyl sites for hydroxylation is 1. The molecule has 1 N–H and O–H groups in total. The highest BCUT2D eigenvalue weighted by Crippen LogP contribution is 2.22. The third-order valence-electron chi connectivity index (χ3n) is 3.12. The number of aromatic nitrogens is 2. The number of benzene rings is 1. The number of nitrogens with one attached hydrogen (secondary N) is 1. The zero-order valence-electron chi connectivity index (χ0n) is 12.0. The third-order valence-corrected chi connectivity index (χ3v) is 3.45. The number of carbonyl (C=O) groups is 2. The Hall–Kier alpha value is -2.08. The first-order chi connectivity index (χ1) is 9.99. The molecule has 0 aliphatic carbocycles. The summed E-state index contributed by atoms with van der Waals surface area (Å²) in [5, 5.41) is 8.32. The fourth-order valence-electron chi connectivity index (χ4n) is 1.87. The van der Waals surface area contributed by atoms with Gasteiger partial charge in [-0.05, 0) is 12.1 Å².